The van der Waals surface area contributed by atoms with Crippen LogP contribution in [0.4, 0.5) is 0 Å². The van der Waals surface area contributed by atoms with Crippen LogP contribution in [0.3, 0.4) is 0 Å². The van der Waals surface area contributed by atoms with E-state index in [9.17, 15) is 24.6 Å². The number of carboxylic acids is 1. The number of amides is 2. The number of aliphatic hydroxyl groups excluding tert-OH is 1. The highest BCUT2D eigenvalue weighted by Crippen LogP contribution is 2.46. The predicted octanol–water partition coefficient (Wildman–Crippen LogP) is -1.44. The molecule has 0 aromatic carbocycles. The van der Waals surface area contributed by atoms with Crippen molar-refractivity contribution in [2.75, 3.05) is 0 Å². The number of primary amides is 1. The molecule has 0 spiro atoms. The maximum Gasteiger partial charge on any atom is 0.290 e. The standard InChI is InChI=1S/C18H20N4O5S/c1-7-10(15(18(26)27)22-13(7)12(8(2)23)17(22)25)4-20-5-11-21(6-20)14(16(19)24)9(3)28-11/h5-8,12-13,23H,4H2,1-3H3,(H2-,19,24,26,27)/t7-,8+,12+,13+/m0/s1. The fourth-order valence-electron chi connectivity index (χ4n) is 4.48. The van der Waals surface area contributed by atoms with E-state index in [0.717, 1.165) is 9.71 Å². The van der Waals surface area contributed by atoms with Crippen molar-refractivity contribution in [2.24, 2.45) is 17.6 Å². The number of rotatable bonds is 5. The Morgan fingerprint density at radius 1 is 1.46 bits per heavy atom. The highest BCUT2D eigenvalue weighted by atomic mass is 32.1. The van der Waals surface area contributed by atoms with E-state index in [1.54, 1.807) is 21.5 Å². The van der Waals surface area contributed by atoms with Crippen LogP contribution >= 0.6 is 11.3 Å². The molecule has 10 heteroatoms. The number of β-lactam (4-membered cyclic amide) rings is 1. The van der Waals surface area contributed by atoms with E-state index >= 15 is 0 Å². The van der Waals surface area contributed by atoms with Gasteiger partial charge in [0.1, 0.15) is 12.7 Å². The van der Waals surface area contributed by atoms with Gasteiger partial charge >= 0.3 is 0 Å². The molecule has 1 fully saturated rings. The summed E-state index contributed by atoms with van der Waals surface area (Å²) >= 11 is 1.41. The Labute approximate surface area is 164 Å². The summed E-state index contributed by atoms with van der Waals surface area (Å²) in [6, 6.07) is -0.386. The molecular formula is C18H20N4O5S. The molecule has 0 aliphatic carbocycles. The van der Waals surface area contributed by atoms with Crippen molar-refractivity contribution in [1.82, 2.24) is 9.30 Å². The van der Waals surface area contributed by atoms with Gasteiger partial charge in [-0.05, 0) is 13.8 Å². The number of aryl methyl sites for hydroxylation is 1. The monoisotopic (exact) mass is 404 g/mol. The zero-order valence-corrected chi connectivity index (χ0v) is 16.4. The summed E-state index contributed by atoms with van der Waals surface area (Å²) in [5.41, 5.74) is 6.29. The van der Waals surface area contributed by atoms with E-state index in [1.165, 1.54) is 23.2 Å². The molecule has 2 aliphatic heterocycles. The van der Waals surface area contributed by atoms with E-state index in [-0.39, 0.29) is 24.2 Å². The molecule has 2 aromatic heterocycles. The van der Waals surface area contributed by atoms with E-state index in [2.05, 4.69) is 0 Å². The summed E-state index contributed by atoms with van der Waals surface area (Å²) in [4.78, 5) is 38.7. The molecule has 4 atom stereocenters. The lowest BCUT2D eigenvalue weighted by molar-refractivity contribution is -0.688. The molecule has 0 bridgehead atoms. The molecule has 2 amide bonds. The number of aromatic nitrogens is 2. The zero-order chi connectivity index (χ0) is 20.5. The molecule has 4 rings (SSSR count). The molecule has 2 aromatic rings. The van der Waals surface area contributed by atoms with Crippen LogP contribution in [0, 0.1) is 18.8 Å². The third kappa shape index (κ3) is 2.41. The Morgan fingerprint density at radius 2 is 2.14 bits per heavy atom. The second-order valence-corrected chi connectivity index (χ2v) is 8.65. The number of hydrogen-bond donors (Lipinski definition) is 2. The molecule has 28 heavy (non-hydrogen) atoms. The van der Waals surface area contributed by atoms with Crippen LogP contribution in [-0.2, 0) is 16.1 Å². The number of carbonyl (C=O) groups excluding carboxylic acids is 3. The highest BCUT2D eigenvalue weighted by molar-refractivity contribution is 7.17. The minimum atomic E-state index is -1.41. The van der Waals surface area contributed by atoms with Gasteiger partial charge in [-0.1, -0.05) is 18.3 Å². The third-order valence-corrected chi connectivity index (χ3v) is 6.72. The lowest BCUT2D eigenvalue weighted by Crippen LogP contribution is -2.64. The molecule has 3 N–H and O–H groups in total. The van der Waals surface area contributed by atoms with E-state index in [1.807, 2.05) is 13.8 Å². The Bertz CT molecular complexity index is 1070. The van der Waals surface area contributed by atoms with Crippen LogP contribution in [0.5, 0.6) is 0 Å². The third-order valence-electron chi connectivity index (χ3n) is 5.70. The molecule has 0 saturated carbocycles. The average molecular weight is 404 g/mol. The predicted molar refractivity (Wildman–Crippen MR) is 95.7 cm³/mol. The van der Waals surface area contributed by atoms with Gasteiger partial charge in [0.25, 0.3) is 12.2 Å². The molecule has 0 radical (unpaired) electrons. The number of hydrogen-bond acceptors (Lipinski definition) is 6. The fourth-order valence-corrected chi connectivity index (χ4v) is 5.51. The number of aliphatic carboxylic acids is 1. The van der Waals surface area contributed by atoms with E-state index in [4.69, 9.17) is 5.73 Å². The molecule has 0 unspecified atom stereocenters. The van der Waals surface area contributed by atoms with Gasteiger partial charge in [-0.3, -0.25) is 9.59 Å². The summed E-state index contributed by atoms with van der Waals surface area (Å²) in [6.45, 7) is 5.42. The van der Waals surface area contributed by atoms with Crippen LogP contribution in [0.1, 0.15) is 29.2 Å². The van der Waals surface area contributed by atoms with Gasteiger partial charge in [-0.25, -0.2) is 4.57 Å². The van der Waals surface area contributed by atoms with Gasteiger partial charge in [-0.15, -0.1) is 0 Å². The number of nitrogens with two attached hydrogens (primary N) is 1. The van der Waals surface area contributed by atoms with Crippen molar-refractivity contribution in [3.8, 4) is 0 Å². The van der Waals surface area contributed by atoms with E-state index < -0.39 is 29.8 Å². The highest BCUT2D eigenvalue weighted by Gasteiger charge is 2.58. The summed E-state index contributed by atoms with van der Waals surface area (Å²) < 4.78 is 3.44. The second kappa shape index (κ2) is 6.14. The van der Waals surface area contributed by atoms with Gasteiger partial charge in [-0.2, -0.15) is 4.40 Å². The van der Waals surface area contributed by atoms with Gasteiger partial charge < -0.3 is 25.6 Å². The molecule has 4 heterocycles. The summed E-state index contributed by atoms with van der Waals surface area (Å²) in [7, 11) is 0. The average Bonchev–Trinajstić information content (AvgIpc) is 3.15. The van der Waals surface area contributed by atoms with Gasteiger partial charge in [0, 0.05) is 11.5 Å². The first-order valence-electron chi connectivity index (χ1n) is 8.89. The largest absolute Gasteiger partial charge is 0.543 e. The lowest BCUT2D eigenvalue weighted by atomic mass is 9.78. The maximum atomic E-state index is 12.4. The Kier molecular flexibility index (Phi) is 4.09. The summed E-state index contributed by atoms with van der Waals surface area (Å²) in [6.07, 6.45) is 2.64. The first-order chi connectivity index (χ1) is 13.1. The van der Waals surface area contributed by atoms with Crippen molar-refractivity contribution < 1.29 is 29.2 Å². The van der Waals surface area contributed by atoms with Gasteiger partial charge in [0.2, 0.25) is 16.4 Å². The number of thiazole rings is 1. The van der Waals surface area contributed by atoms with Crippen LogP contribution in [-0.4, -0.2) is 44.3 Å². The van der Waals surface area contributed by atoms with Gasteiger partial charge in [0.15, 0.2) is 0 Å². The zero-order valence-electron chi connectivity index (χ0n) is 15.6. The SMILES string of the molecule is Cc1sc2c[n+](CC3=C(C(=O)[O-])N4C(=O)[C@H]([C@@H](C)O)[C@H]4[C@H]3C)cn2c1C(N)=O. The number of nitrogens with zero attached hydrogens (tertiary/aromatic N) is 3. The Balaban J connectivity index is 1.73. The summed E-state index contributed by atoms with van der Waals surface area (Å²) in [5, 5.41) is 21.7. The smallest absolute Gasteiger partial charge is 0.290 e. The topological polar surface area (TPSA) is 132 Å². The van der Waals surface area contributed by atoms with Crippen molar-refractivity contribution >= 4 is 34.0 Å². The van der Waals surface area contributed by atoms with Crippen LogP contribution in [0.25, 0.3) is 4.83 Å². The first kappa shape index (κ1) is 18.6. The van der Waals surface area contributed by atoms with Gasteiger partial charge in [0.05, 0.1) is 34.6 Å². The minimum absolute atomic E-state index is 0.118. The fraction of sp³-hybridized carbons (Fsp3) is 0.444. The maximum absolute atomic E-state index is 12.4. The molecular weight excluding hydrogens is 384 g/mol. The van der Waals surface area contributed by atoms with Crippen molar-refractivity contribution in [1.29, 1.82) is 0 Å². The number of imidazole rings is 1. The number of carbonyl (C=O) groups is 3. The van der Waals surface area contributed by atoms with Crippen LogP contribution < -0.4 is 15.4 Å². The second-order valence-electron chi connectivity index (χ2n) is 7.41. The number of aliphatic hydroxyl groups is 1. The Morgan fingerprint density at radius 3 is 2.71 bits per heavy atom. The lowest BCUT2D eigenvalue weighted by Gasteiger charge is -2.47. The van der Waals surface area contributed by atoms with Crippen LogP contribution in [0.15, 0.2) is 23.8 Å². The molecule has 2 aliphatic rings. The van der Waals surface area contributed by atoms with Crippen molar-refractivity contribution in [3.63, 3.8) is 0 Å². The molecule has 148 valence electrons. The van der Waals surface area contributed by atoms with Crippen LogP contribution in [0.2, 0.25) is 0 Å². The van der Waals surface area contributed by atoms with Crippen molar-refractivity contribution in [3.05, 3.63) is 34.4 Å². The minimum Gasteiger partial charge on any atom is -0.543 e. The van der Waals surface area contributed by atoms with E-state index in [0.29, 0.717) is 11.3 Å². The quantitative estimate of drug-likeness (QED) is 0.465. The Hall–Kier alpha value is -2.72. The number of carboxylic acid groups (broad SMARTS) is 1. The van der Waals surface area contributed by atoms with Crippen molar-refractivity contribution in [2.45, 2.75) is 39.5 Å². The summed E-state index contributed by atoms with van der Waals surface area (Å²) in [5.74, 6) is -3.20. The normalized spacial score (nSPS) is 25.2. The molecule has 1 saturated heterocycles. The first-order valence-corrected chi connectivity index (χ1v) is 9.71. The molecule has 9 nitrogen and oxygen atoms in total. The number of fused-ring (bicyclic) bond motifs is 2.